The van der Waals surface area contributed by atoms with E-state index in [1.54, 1.807) is 37.3 Å². The summed E-state index contributed by atoms with van der Waals surface area (Å²) in [5.41, 5.74) is 1.11. The van der Waals surface area contributed by atoms with Crippen LogP contribution in [-0.2, 0) is 11.3 Å². The van der Waals surface area contributed by atoms with Gasteiger partial charge < -0.3 is 13.6 Å². The molecule has 0 aliphatic rings. The molecule has 0 fully saturated rings. The Hall–Kier alpha value is -2.60. The van der Waals surface area contributed by atoms with Gasteiger partial charge in [-0.15, -0.1) is 10.2 Å². The Balaban J connectivity index is 1.66. The average Bonchev–Trinajstić information content (AvgIpc) is 3.14. The van der Waals surface area contributed by atoms with Crippen molar-refractivity contribution in [3.8, 4) is 11.5 Å². The molecule has 7 heteroatoms. The molecule has 0 bridgehead atoms. The van der Waals surface area contributed by atoms with E-state index >= 15 is 0 Å². The molecule has 3 rings (SSSR count). The molecule has 112 valence electrons. The van der Waals surface area contributed by atoms with Gasteiger partial charge in [0.1, 0.15) is 11.3 Å². The maximum Gasteiger partial charge on any atom is 0.342 e. The summed E-state index contributed by atoms with van der Waals surface area (Å²) in [4.78, 5) is 11.8. The number of rotatable bonds is 4. The van der Waals surface area contributed by atoms with Crippen molar-refractivity contribution in [3.63, 3.8) is 0 Å². The van der Waals surface area contributed by atoms with Gasteiger partial charge in [0.2, 0.25) is 5.89 Å². The van der Waals surface area contributed by atoms with Gasteiger partial charge in [0.05, 0.1) is 6.26 Å². The van der Waals surface area contributed by atoms with Crippen molar-refractivity contribution in [3.05, 3.63) is 58.8 Å². The van der Waals surface area contributed by atoms with Crippen LogP contribution in [0.3, 0.4) is 0 Å². The molecule has 0 saturated heterocycles. The van der Waals surface area contributed by atoms with Crippen LogP contribution < -0.4 is 0 Å². The van der Waals surface area contributed by atoms with Crippen LogP contribution in [0.4, 0.5) is 0 Å². The fourth-order valence-electron chi connectivity index (χ4n) is 1.82. The van der Waals surface area contributed by atoms with Gasteiger partial charge in [0, 0.05) is 10.6 Å². The first-order valence-electron chi connectivity index (χ1n) is 6.43. The molecule has 2 heterocycles. The van der Waals surface area contributed by atoms with E-state index in [2.05, 4.69) is 10.2 Å². The molecule has 0 radical (unpaired) electrons. The molecule has 1 aromatic carbocycles. The summed E-state index contributed by atoms with van der Waals surface area (Å²) in [6, 6.07) is 8.52. The largest absolute Gasteiger partial charge is 0.469 e. The lowest BCUT2D eigenvalue weighted by Crippen LogP contribution is -2.05. The normalized spacial score (nSPS) is 10.6. The van der Waals surface area contributed by atoms with E-state index in [1.807, 2.05) is 0 Å². The van der Waals surface area contributed by atoms with Gasteiger partial charge in [-0.3, -0.25) is 0 Å². The van der Waals surface area contributed by atoms with Crippen molar-refractivity contribution in [2.75, 3.05) is 0 Å². The Bertz CT molecular complexity index is 792. The van der Waals surface area contributed by atoms with Crippen LogP contribution in [0.25, 0.3) is 11.5 Å². The number of carbonyl (C=O) groups is 1. The highest BCUT2D eigenvalue weighted by atomic mass is 35.5. The Labute approximate surface area is 130 Å². The standard InChI is InChI=1S/C15H11ClN2O4/c1-9-12(6-7-20-9)15(19)21-8-13-17-18-14(22-13)10-2-4-11(16)5-3-10/h2-7H,8H2,1H3. The molecule has 0 amide bonds. The van der Waals surface area contributed by atoms with E-state index < -0.39 is 5.97 Å². The van der Waals surface area contributed by atoms with Gasteiger partial charge in [-0.05, 0) is 37.3 Å². The fraction of sp³-hybridized carbons (Fsp3) is 0.133. The lowest BCUT2D eigenvalue weighted by molar-refractivity contribution is 0.0436. The number of hydrogen-bond donors (Lipinski definition) is 0. The van der Waals surface area contributed by atoms with Crippen LogP contribution in [-0.4, -0.2) is 16.2 Å². The summed E-state index contributed by atoms with van der Waals surface area (Å²) in [5, 5.41) is 8.36. The SMILES string of the molecule is Cc1occc1C(=O)OCc1nnc(-c2ccc(Cl)cc2)o1. The van der Waals surface area contributed by atoms with Crippen LogP contribution in [0.5, 0.6) is 0 Å². The number of furan rings is 1. The zero-order valence-electron chi connectivity index (χ0n) is 11.6. The Morgan fingerprint density at radius 1 is 1.23 bits per heavy atom. The average molecular weight is 319 g/mol. The summed E-state index contributed by atoms with van der Waals surface area (Å²) in [6.45, 7) is 1.58. The molecule has 0 N–H and O–H groups in total. The molecular weight excluding hydrogens is 308 g/mol. The zero-order valence-corrected chi connectivity index (χ0v) is 12.3. The van der Waals surface area contributed by atoms with E-state index in [9.17, 15) is 4.79 Å². The van der Waals surface area contributed by atoms with Gasteiger partial charge in [0.25, 0.3) is 5.89 Å². The molecular formula is C15H11ClN2O4. The molecule has 0 saturated carbocycles. The number of aromatic nitrogens is 2. The number of benzene rings is 1. The molecule has 0 aliphatic heterocycles. The summed E-state index contributed by atoms with van der Waals surface area (Å²) >= 11 is 5.82. The Morgan fingerprint density at radius 3 is 2.68 bits per heavy atom. The third-order valence-electron chi connectivity index (χ3n) is 2.96. The molecule has 0 aliphatic carbocycles. The van der Waals surface area contributed by atoms with Crippen molar-refractivity contribution in [2.45, 2.75) is 13.5 Å². The van der Waals surface area contributed by atoms with Crippen molar-refractivity contribution in [1.29, 1.82) is 0 Å². The van der Waals surface area contributed by atoms with Crippen molar-refractivity contribution < 1.29 is 18.4 Å². The van der Waals surface area contributed by atoms with Gasteiger partial charge >= 0.3 is 5.97 Å². The van der Waals surface area contributed by atoms with Gasteiger partial charge in [-0.25, -0.2) is 4.79 Å². The highest BCUT2D eigenvalue weighted by molar-refractivity contribution is 6.30. The van der Waals surface area contributed by atoms with Gasteiger partial charge in [0.15, 0.2) is 6.61 Å². The Morgan fingerprint density at radius 2 is 2.00 bits per heavy atom. The van der Waals surface area contributed by atoms with E-state index in [1.165, 1.54) is 6.26 Å². The summed E-state index contributed by atoms with van der Waals surface area (Å²) in [7, 11) is 0. The number of aryl methyl sites for hydroxylation is 1. The highest BCUT2D eigenvalue weighted by Crippen LogP contribution is 2.20. The maximum atomic E-state index is 11.8. The first kappa shape index (κ1) is 14.3. The maximum absolute atomic E-state index is 11.8. The van der Waals surface area contributed by atoms with Crippen LogP contribution in [0.1, 0.15) is 22.0 Å². The van der Waals surface area contributed by atoms with Gasteiger partial charge in [-0.1, -0.05) is 11.6 Å². The molecule has 0 atom stereocenters. The van der Waals surface area contributed by atoms with Crippen LogP contribution in [0.15, 0.2) is 45.4 Å². The third kappa shape index (κ3) is 3.01. The fourth-order valence-corrected chi connectivity index (χ4v) is 1.95. The smallest absolute Gasteiger partial charge is 0.342 e. The molecule has 6 nitrogen and oxygen atoms in total. The molecule has 2 aromatic heterocycles. The minimum Gasteiger partial charge on any atom is -0.469 e. The van der Waals surface area contributed by atoms with Crippen molar-refractivity contribution in [2.24, 2.45) is 0 Å². The second-order valence-electron chi connectivity index (χ2n) is 4.47. The second-order valence-corrected chi connectivity index (χ2v) is 4.91. The number of esters is 1. The summed E-state index contributed by atoms with van der Waals surface area (Å²) in [6.07, 6.45) is 1.43. The monoisotopic (exact) mass is 318 g/mol. The quantitative estimate of drug-likeness (QED) is 0.683. The summed E-state index contributed by atoms with van der Waals surface area (Å²) in [5.74, 6) is 0.538. The minimum absolute atomic E-state index is 0.107. The molecule has 0 spiro atoms. The van der Waals surface area contributed by atoms with E-state index in [-0.39, 0.29) is 12.5 Å². The molecule has 22 heavy (non-hydrogen) atoms. The lowest BCUT2D eigenvalue weighted by Gasteiger charge is -2.00. The summed E-state index contributed by atoms with van der Waals surface area (Å²) < 4.78 is 15.6. The Kier molecular flexibility index (Phi) is 3.93. The highest BCUT2D eigenvalue weighted by Gasteiger charge is 2.15. The number of carbonyl (C=O) groups excluding carboxylic acids is 1. The van der Waals surface area contributed by atoms with Crippen LogP contribution >= 0.6 is 11.6 Å². The predicted octanol–water partition coefficient (Wildman–Crippen LogP) is 3.65. The van der Waals surface area contributed by atoms with Crippen LogP contribution in [0, 0.1) is 6.92 Å². The third-order valence-corrected chi connectivity index (χ3v) is 3.22. The molecule has 3 aromatic rings. The first-order valence-corrected chi connectivity index (χ1v) is 6.81. The second kappa shape index (κ2) is 6.03. The van der Waals surface area contributed by atoms with Crippen LogP contribution in [0.2, 0.25) is 5.02 Å². The first-order chi connectivity index (χ1) is 10.6. The van der Waals surface area contributed by atoms with E-state index in [0.717, 1.165) is 5.56 Å². The lowest BCUT2D eigenvalue weighted by atomic mass is 10.2. The minimum atomic E-state index is -0.502. The number of nitrogens with zero attached hydrogens (tertiary/aromatic N) is 2. The van der Waals surface area contributed by atoms with Crippen molar-refractivity contribution >= 4 is 17.6 Å². The zero-order chi connectivity index (χ0) is 15.5. The molecule has 0 unspecified atom stereocenters. The topological polar surface area (TPSA) is 78.4 Å². The predicted molar refractivity (Wildman–Crippen MR) is 77.3 cm³/mol. The van der Waals surface area contributed by atoms with E-state index in [0.29, 0.717) is 22.2 Å². The number of halogens is 1. The van der Waals surface area contributed by atoms with Crippen molar-refractivity contribution in [1.82, 2.24) is 10.2 Å². The number of hydrogen-bond acceptors (Lipinski definition) is 6. The van der Waals surface area contributed by atoms with Gasteiger partial charge in [-0.2, -0.15) is 0 Å². The number of ether oxygens (including phenoxy) is 1. The van der Waals surface area contributed by atoms with E-state index in [4.69, 9.17) is 25.2 Å².